The number of anilines is 1. The number of ether oxygens (including phenoxy) is 2. The maximum atomic E-state index is 14.0. The van der Waals surface area contributed by atoms with E-state index in [1.807, 2.05) is 64.1 Å². The van der Waals surface area contributed by atoms with Crippen molar-refractivity contribution >= 4 is 28.8 Å². The third-order valence-corrected chi connectivity index (χ3v) is 8.57. The van der Waals surface area contributed by atoms with Gasteiger partial charge in [0.25, 0.3) is 5.69 Å². The van der Waals surface area contributed by atoms with Gasteiger partial charge in [-0.15, -0.1) is 0 Å². The lowest BCUT2D eigenvalue weighted by atomic mass is 9.68. The lowest BCUT2D eigenvalue weighted by Crippen LogP contribution is -2.42. The Morgan fingerprint density at radius 2 is 1.77 bits per heavy atom. The first-order valence-electron chi connectivity index (χ1n) is 14.1. The van der Waals surface area contributed by atoms with E-state index in [9.17, 15) is 20.2 Å². The van der Waals surface area contributed by atoms with Crippen molar-refractivity contribution in [2.75, 3.05) is 12.0 Å². The molecular weight excluding hydrogens is 580 g/mol. The number of nitrogens with two attached hydrogens (primary N) is 1. The summed E-state index contributed by atoms with van der Waals surface area (Å²) in [4.78, 5) is 26.8. The summed E-state index contributed by atoms with van der Waals surface area (Å²) >= 11 is 6.12. The smallest absolute Gasteiger partial charge is 0.289 e. The number of nitrogens with zero attached hydrogens (tertiary/aromatic N) is 3. The van der Waals surface area contributed by atoms with E-state index in [0.29, 0.717) is 29.1 Å². The first kappa shape index (κ1) is 30.6. The number of benzene rings is 3. The van der Waals surface area contributed by atoms with Gasteiger partial charge in [-0.1, -0.05) is 37.6 Å². The molecule has 1 unspecified atom stereocenters. The average Bonchev–Trinajstić information content (AvgIpc) is 2.96. The summed E-state index contributed by atoms with van der Waals surface area (Å²) in [6, 6.07) is 18.0. The molecule has 0 spiro atoms. The normalized spacial score (nSPS) is 17.7. The maximum absolute atomic E-state index is 14.0. The van der Waals surface area contributed by atoms with Crippen molar-refractivity contribution in [3.05, 3.63) is 115 Å². The van der Waals surface area contributed by atoms with E-state index in [0.717, 1.165) is 28.0 Å². The van der Waals surface area contributed by atoms with Crippen LogP contribution in [0.5, 0.6) is 11.5 Å². The summed E-state index contributed by atoms with van der Waals surface area (Å²) in [6.45, 7) is 8.21. The highest BCUT2D eigenvalue weighted by Crippen LogP contribution is 2.51. The van der Waals surface area contributed by atoms with Gasteiger partial charge >= 0.3 is 0 Å². The monoisotopic (exact) mass is 612 g/mol. The number of carbonyl (C=O) groups is 1. The molecule has 0 fully saturated rings. The number of halogens is 1. The number of rotatable bonds is 7. The molecule has 0 saturated carbocycles. The molecule has 3 aromatic rings. The van der Waals surface area contributed by atoms with E-state index >= 15 is 0 Å². The summed E-state index contributed by atoms with van der Waals surface area (Å²) in [7, 11) is 1.60. The zero-order chi connectivity index (χ0) is 31.9. The standard InChI is InChI=1S/C34H33ClN4O5/c1-19-12-20(2)25(13-21(19)18-44-24-9-7-23(43-5)8-10-24)31-26(17-36)33(37)38(22-6-11-27(35)28(14-22)39(41)42)29-15-34(3,4)16-30(40)32(29)31/h6-14,31H,15-16,18,37H2,1-5H3. The number of nitro benzene ring substituents is 1. The topological polar surface area (TPSA) is 132 Å². The van der Waals surface area contributed by atoms with Gasteiger partial charge in [0, 0.05) is 23.8 Å². The average molecular weight is 613 g/mol. The molecule has 5 rings (SSSR count). The van der Waals surface area contributed by atoms with Crippen molar-refractivity contribution < 1.29 is 19.2 Å². The van der Waals surface area contributed by atoms with E-state index in [4.69, 9.17) is 26.8 Å². The Bertz CT molecular complexity index is 1790. The molecule has 0 bridgehead atoms. The van der Waals surface area contributed by atoms with Crippen LogP contribution in [0.15, 0.2) is 77.3 Å². The third kappa shape index (κ3) is 5.61. The minimum Gasteiger partial charge on any atom is -0.497 e. The third-order valence-electron chi connectivity index (χ3n) is 8.25. The summed E-state index contributed by atoms with van der Waals surface area (Å²) in [6.07, 6.45) is 0.757. The van der Waals surface area contributed by atoms with Crippen molar-refractivity contribution in [1.29, 1.82) is 5.26 Å². The molecule has 226 valence electrons. The van der Waals surface area contributed by atoms with Crippen molar-refractivity contribution in [3.8, 4) is 17.6 Å². The van der Waals surface area contributed by atoms with Crippen molar-refractivity contribution in [2.45, 2.75) is 53.1 Å². The second-order valence-electron chi connectivity index (χ2n) is 12.0. The molecular formula is C34H33ClN4O5. The molecule has 1 atom stereocenters. The van der Waals surface area contributed by atoms with Crippen molar-refractivity contribution in [1.82, 2.24) is 0 Å². The molecule has 1 aliphatic carbocycles. The number of hydrogen-bond donors (Lipinski definition) is 1. The van der Waals surface area contributed by atoms with Gasteiger partial charge in [-0.05, 0) is 84.3 Å². The summed E-state index contributed by atoms with van der Waals surface area (Å²) < 4.78 is 11.3. The number of nitro groups is 1. The quantitative estimate of drug-likeness (QED) is 0.216. The SMILES string of the molecule is COc1ccc(OCc2cc(C3C(C#N)=C(N)N(c4ccc(Cl)c([N+](=O)[O-])c4)C4=C3C(=O)CC(C)(C)C4)c(C)cc2C)cc1. The number of methoxy groups -OCH3 is 1. The van der Waals surface area contributed by atoms with Crippen molar-refractivity contribution in [2.24, 2.45) is 11.1 Å². The van der Waals surface area contributed by atoms with Crippen LogP contribution < -0.4 is 20.1 Å². The van der Waals surface area contributed by atoms with Crippen LogP contribution in [0.3, 0.4) is 0 Å². The molecule has 0 saturated heterocycles. The Balaban J connectivity index is 1.65. The fourth-order valence-electron chi connectivity index (χ4n) is 6.11. The van der Waals surface area contributed by atoms with Crippen LogP contribution in [0, 0.1) is 40.7 Å². The van der Waals surface area contributed by atoms with Gasteiger partial charge in [0.2, 0.25) is 0 Å². The molecule has 1 aliphatic heterocycles. The highest BCUT2D eigenvalue weighted by molar-refractivity contribution is 6.32. The van der Waals surface area contributed by atoms with Gasteiger partial charge in [0.1, 0.15) is 28.9 Å². The van der Waals surface area contributed by atoms with Gasteiger partial charge in [-0.25, -0.2) is 0 Å². The zero-order valence-electron chi connectivity index (χ0n) is 25.2. The van der Waals surface area contributed by atoms with E-state index in [1.165, 1.54) is 12.1 Å². The first-order chi connectivity index (χ1) is 20.8. The van der Waals surface area contributed by atoms with Gasteiger partial charge in [-0.3, -0.25) is 19.8 Å². The molecule has 0 radical (unpaired) electrons. The molecule has 0 aromatic heterocycles. The second-order valence-corrected chi connectivity index (χ2v) is 12.4. The number of aryl methyl sites for hydroxylation is 2. The van der Waals surface area contributed by atoms with Crippen LogP contribution in [0.2, 0.25) is 5.02 Å². The van der Waals surface area contributed by atoms with Gasteiger partial charge in [-0.2, -0.15) is 5.26 Å². The number of allylic oxidation sites excluding steroid dienone is 3. The van der Waals surface area contributed by atoms with Gasteiger partial charge in [0.05, 0.1) is 35.3 Å². The molecule has 1 heterocycles. The first-order valence-corrected chi connectivity index (χ1v) is 14.5. The maximum Gasteiger partial charge on any atom is 0.289 e. The molecule has 10 heteroatoms. The fourth-order valence-corrected chi connectivity index (χ4v) is 6.30. The Morgan fingerprint density at radius 3 is 2.41 bits per heavy atom. The number of hydrogen-bond acceptors (Lipinski definition) is 8. The van der Waals surface area contributed by atoms with E-state index in [-0.39, 0.29) is 40.9 Å². The minimum absolute atomic E-state index is 0.0226. The molecule has 2 aliphatic rings. The van der Waals surface area contributed by atoms with Crippen LogP contribution in [0.1, 0.15) is 54.9 Å². The Labute approximate surface area is 261 Å². The largest absolute Gasteiger partial charge is 0.497 e. The predicted molar refractivity (Wildman–Crippen MR) is 168 cm³/mol. The molecule has 2 N–H and O–H groups in total. The number of Topliss-reactive ketones (excluding diaryl/α,β-unsaturated/α-hetero) is 1. The van der Waals surface area contributed by atoms with Gasteiger partial charge in [0.15, 0.2) is 5.78 Å². The summed E-state index contributed by atoms with van der Waals surface area (Å²) in [5.74, 6) is 0.718. The number of carbonyl (C=O) groups excluding carboxylic acids is 1. The molecule has 9 nitrogen and oxygen atoms in total. The van der Waals surface area contributed by atoms with E-state index in [2.05, 4.69) is 6.07 Å². The van der Waals surface area contributed by atoms with Crippen LogP contribution >= 0.6 is 11.6 Å². The Morgan fingerprint density at radius 1 is 1.09 bits per heavy atom. The zero-order valence-corrected chi connectivity index (χ0v) is 26.0. The highest BCUT2D eigenvalue weighted by atomic mass is 35.5. The predicted octanol–water partition coefficient (Wildman–Crippen LogP) is 7.39. The van der Waals surface area contributed by atoms with Crippen molar-refractivity contribution in [3.63, 3.8) is 0 Å². The number of nitriles is 1. The Hall–Kier alpha value is -4.81. The minimum atomic E-state index is -0.711. The summed E-state index contributed by atoms with van der Waals surface area (Å²) in [5, 5.41) is 22.2. The van der Waals surface area contributed by atoms with Gasteiger partial charge < -0.3 is 15.2 Å². The van der Waals surface area contributed by atoms with Crippen LogP contribution in [-0.2, 0) is 11.4 Å². The summed E-state index contributed by atoms with van der Waals surface area (Å²) in [5.41, 5.74) is 11.3. The molecule has 0 amide bonds. The van der Waals surface area contributed by atoms with Crippen LogP contribution in [0.4, 0.5) is 11.4 Å². The molecule has 3 aromatic carbocycles. The Kier molecular flexibility index (Phi) is 8.15. The van der Waals surface area contributed by atoms with E-state index < -0.39 is 16.3 Å². The highest BCUT2D eigenvalue weighted by Gasteiger charge is 2.45. The fraction of sp³-hybridized carbons (Fsp3) is 0.294. The second kappa shape index (κ2) is 11.7. The number of ketones is 1. The lowest BCUT2D eigenvalue weighted by molar-refractivity contribution is -0.384. The molecule has 44 heavy (non-hydrogen) atoms. The van der Waals surface area contributed by atoms with Crippen LogP contribution in [-0.4, -0.2) is 17.8 Å². The van der Waals surface area contributed by atoms with Crippen LogP contribution in [0.25, 0.3) is 0 Å². The van der Waals surface area contributed by atoms with E-state index in [1.54, 1.807) is 18.1 Å². The lowest BCUT2D eigenvalue weighted by Gasteiger charge is -2.44.